The predicted octanol–water partition coefficient (Wildman–Crippen LogP) is 3.64. The van der Waals surface area contributed by atoms with Crippen LogP contribution < -0.4 is 15.2 Å². The minimum Gasteiger partial charge on any atom is -0.497 e. The van der Waals surface area contributed by atoms with Gasteiger partial charge in [-0.3, -0.25) is 0 Å². The average Bonchev–Trinajstić information content (AvgIpc) is 2.80. The van der Waals surface area contributed by atoms with E-state index in [1.54, 1.807) is 24.3 Å². The molecule has 0 bridgehead atoms. The first kappa shape index (κ1) is 22.9. The maximum absolute atomic E-state index is 10.8. The molecule has 30 heavy (non-hydrogen) atoms. The molecule has 0 aliphatic carbocycles. The molecule has 1 unspecified atom stereocenters. The molecule has 0 saturated carbocycles. The fraction of sp³-hybridized carbons (Fsp3) is 0.208. The number of methoxy groups -OCH3 is 1. The number of aliphatic hydroxyl groups excluding tert-OH is 1. The van der Waals surface area contributed by atoms with Gasteiger partial charge in [-0.05, 0) is 23.3 Å². The molecular formula is C24H27NO5. The van der Waals surface area contributed by atoms with Crippen molar-refractivity contribution in [3.8, 4) is 11.5 Å². The van der Waals surface area contributed by atoms with Crippen LogP contribution in [0.5, 0.6) is 11.5 Å². The number of rotatable bonds is 8. The molecule has 0 heterocycles. The van der Waals surface area contributed by atoms with E-state index in [1.807, 2.05) is 36.4 Å². The highest BCUT2D eigenvalue weighted by Gasteiger charge is 2.18. The fourth-order valence-corrected chi connectivity index (χ4v) is 2.70. The molecule has 0 spiro atoms. The number of aliphatic carboxylic acids is 1. The number of hydrogen-bond acceptors (Lipinski definition) is 5. The third-order valence-electron chi connectivity index (χ3n) is 4.30. The van der Waals surface area contributed by atoms with Gasteiger partial charge in [0.2, 0.25) is 0 Å². The van der Waals surface area contributed by atoms with Crippen LogP contribution in [0, 0.1) is 0 Å². The molecule has 0 radical (unpaired) electrons. The molecule has 0 aliphatic heterocycles. The van der Waals surface area contributed by atoms with E-state index in [1.165, 1.54) is 7.11 Å². The van der Waals surface area contributed by atoms with Gasteiger partial charge in [0.1, 0.15) is 11.5 Å². The van der Waals surface area contributed by atoms with Gasteiger partial charge in [-0.25, -0.2) is 4.79 Å². The van der Waals surface area contributed by atoms with Crippen molar-refractivity contribution >= 4 is 5.97 Å². The van der Waals surface area contributed by atoms with Crippen LogP contribution in [0.4, 0.5) is 0 Å². The van der Waals surface area contributed by atoms with E-state index in [4.69, 9.17) is 25.4 Å². The van der Waals surface area contributed by atoms with E-state index < -0.39 is 12.1 Å². The van der Waals surface area contributed by atoms with Gasteiger partial charge >= 0.3 is 5.97 Å². The molecular weight excluding hydrogens is 382 g/mol. The number of aliphatic hydroxyl groups is 1. The van der Waals surface area contributed by atoms with Gasteiger partial charge in [0.25, 0.3) is 0 Å². The van der Waals surface area contributed by atoms with Crippen molar-refractivity contribution < 1.29 is 24.5 Å². The summed E-state index contributed by atoms with van der Waals surface area (Å²) in [5.74, 6) is -0.109. The Morgan fingerprint density at radius 1 is 0.900 bits per heavy atom. The minimum atomic E-state index is -1.10. The quantitative estimate of drug-likeness (QED) is 0.525. The molecule has 0 amide bonds. The largest absolute Gasteiger partial charge is 0.497 e. The summed E-state index contributed by atoms with van der Waals surface area (Å²) in [6.07, 6.45) is -0.996. The molecule has 3 rings (SSSR count). The maximum Gasteiger partial charge on any atom is 0.344 e. The molecule has 1 atom stereocenters. The molecule has 3 aromatic carbocycles. The Balaban J connectivity index is 0.000000215. The van der Waals surface area contributed by atoms with Gasteiger partial charge in [-0.2, -0.15) is 0 Å². The first-order chi connectivity index (χ1) is 14.5. The Morgan fingerprint density at radius 3 is 1.90 bits per heavy atom. The van der Waals surface area contributed by atoms with Gasteiger partial charge < -0.3 is 25.4 Å². The second-order valence-electron chi connectivity index (χ2n) is 6.44. The van der Waals surface area contributed by atoms with Crippen molar-refractivity contribution in [1.29, 1.82) is 0 Å². The van der Waals surface area contributed by atoms with Crippen molar-refractivity contribution in [1.82, 2.24) is 0 Å². The number of hydrogen-bond donors (Lipinski definition) is 3. The number of carbonyl (C=O) groups is 1. The van der Waals surface area contributed by atoms with Crippen LogP contribution in [0.1, 0.15) is 23.6 Å². The number of benzene rings is 3. The average molecular weight is 409 g/mol. The van der Waals surface area contributed by atoms with Crippen molar-refractivity contribution in [3.05, 3.63) is 96.1 Å². The summed E-state index contributed by atoms with van der Waals surface area (Å²) in [5, 5.41) is 17.5. The Kier molecular flexibility index (Phi) is 9.37. The topological polar surface area (TPSA) is 102 Å². The van der Waals surface area contributed by atoms with Crippen LogP contribution in [-0.2, 0) is 4.79 Å². The lowest BCUT2D eigenvalue weighted by Crippen LogP contribution is -2.28. The molecule has 0 aliphatic rings. The molecule has 0 fully saturated rings. The Hall–Kier alpha value is -3.35. The normalized spacial score (nSPS) is 11.2. The number of carboxylic acids is 1. The van der Waals surface area contributed by atoms with Gasteiger partial charge in [-0.1, -0.05) is 66.7 Å². The zero-order valence-electron chi connectivity index (χ0n) is 16.8. The van der Waals surface area contributed by atoms with Crippen LogP contribution in [0.3, 0.4) is 0 Å². The van der Waals surface area contributed by atoms with Crippen molar-refractivity contribution in [2.75, 3.05) is 13.7 Å². The second kappa shape index (κ2) is 12.3. The van der Waals surface area contributed by atoms with Crippen LogP contribution in [0.2, 0.25) is 0 Å². The fourth-order valence-electron chi connectivity index (χ4n) is 2.70. The third kappa shape index (κ3) is 7.24. The molecule has 0 saturated heterocycles. The summed E-state index contributed by atoms with van der Waals surface area (Å²) in [6.45, 7) is -0.235. The highest BCUT2D eigenvalue weighted by molar-refractivity contribution is 5.72. The number of ether oxygens (including phenoxy) is 2. The Labute approximate surface area is 176 Å². The van der Waals surface area contributed by atoms with Gasteiger partial charge in [0.05, 0.1) is 13.2 Å². The Morgan fingerprint density at radius 2 is 1.43 bits per heavy atom. The first-order valence-electron chi connectivity index (χ1n) is 9.55. The summed E-state index contributed by atoms with van der Waals surface area (Å²) >= 11 is 0. The predicted molar refractivity (Wildman–Crippen MR) is 116 cm³/mol. The van der Waals surface area contributed by atoms with E-state index >= 15 is 0 Å². The van der Waals surface area contributed by atoms with Crippen molar-refractivity contribution in [2.24, 2.45) is 5.73 Å². The maximum atomic E-state index is 10.8. The zero-order valence-corrected chi connectivity index (χ0v) is 16.8. The van der Waals surface area contributed by atoms with Gasteiger partial charge in [0.15, 0.2) is 6.10 Å². The van der Waals surface area contributed by atoms with Gasteiger partial charge in [-0.15, -0.1) is 0 Å². The summed E-state index contributed by atoms with van der Waals surface area (Å²) in [4.78, 5) is 10.8. The van der Waals surface area contributed by atoms with Crippen LogP contribution in [-0.4, -0.2) is 36.0 Å². The standard InChI is InChI=1S/C13H13N.C11H14O5/c14-13(11-7-3-1-4-8-11)12-9-5-2-6-10-12;1-15-8-3-2-4-9(7-8)16-10(5-6-12)11(13)14/h1-10,13H,14H2;2-4,7,10,12H,5-6H2,1H3,(H,13,14). The summed E-state index contributed by atoms with van der Waals surface area (Å²) < 4.78 is 10.2. The minimum absolute atomic E-state index is 0.0163. The molecule has 4 N–H and O–H groups in total. The summed E-state index contributed by atoms with van der Waals surface area (Å²) in [6, 6.07) is 26.9. The van der Waals surface area contributed by atoms with Crippen LogP contribution in [0.25, 0.3) is 0 Å². The SMILES string of the molecule is COc1cccc(OC(CCO)C(=O)O)c1.NC(c1ccccc1)c1ccccc1. The number of carboxylic acid groups (broad SMARTS) is 1. The Bertz CT molecular complexity index is 847. The van der Waals surface area contributed by atoms with Crippen molar-refractivity contribution in [3.63, 3.8) is 0 Å². The van der Waals surface area contributed by atoms with E-state index in [2.05, 4.69) is 24.3 Å². The lowest BCUT2D eigenvalue weighted by Gasteiger charge is -2.14. The van der Waals surface area contributed by atoms with Crippen molar-refractivity contribution in [2.45, 2.75) is 18.6 Å². The molecule has 3 aromatic rings. The van der Waals surface area contributed by atoms with Gasteiger partial charge in [0, 0.05) is 19.1 Å². The molecule has 0 aromatic heterocycles. The molecule has 6 nitrogen and oxygen atoms in total. The third-order valence-corrected chi connectivity index (χ3v) is 4.30. The van der Waals surface area contributed by atoms with E-state index in [9.17, 15) is 4.79 Å². The number of nitrogens with two attached hydrogens (primary N) is 1. The summed E-state index contributed by atoms with van der Waals surface area (Å²) in [7, 11) is 1.52. The summed E-state index contributed by atoms with van der Waals surface area (Å²) in [5.41, 5.74) is 8.42. The van der Waals surface area contributed by atoms with Crippen LogP contribution >= 0.6 is 0 Å². The zero-order chi connectivity index (χ0) is 21.8. The second-order valence-corrected chi connectivity index (χ2v) is 6.44. The first-order valence-corrected chi connectivity index (χ1v) is 9.55. The van der Waals surface area contributed by atoms with E-state index in [0.29, 0.717) is 11.5 Å². The molecule has 6 heteroatoms. The lowest BCUT2D eigenvalue weighted by atomic mass is 10.00. The lowest BCUT2D eigenvalue weighted by molar-refractivity contribution is -0.145. The monoisotopic (exact) mass is 409 g/mol. The van der Waals surface area contributed by atoms with E-state index in [-0.39, 0.29) is 19.1 Å². The smallest absolute Gasteiger partial charge is 0.344 e. The molecule has 158 valence electrons. The van der Waals surface area contributed by atoms with E-state index in [0.717, 1.165) is 11.1 Å². The highest BCUT2D eigenvalue weighted by Crippen LogP contribution is 2.21. The highest BCUT2D eigenvalue weighted by atomic mass is 16.5. The van der Waals surface area contributed by atoms with Crippen LogP contribution in [0.15, 0.2) is 84.9 Å².